The smallest absolute Gasteiger partial charge is 0.159 e. The van der Waals surface area contributed by atoms with Crippen LogP contribution in [0.25, 0.3) is 0 Å². The number of methoxy groups -OCH3 is 1. The van der Waals surface area contributed by atoms with Gasteiger partial charge >= 0.3 is 0 Å². The second-order valence-corrected chi connectivity index (χ2v) is 5.48. The third-order valence-electron chi connectivity index (χ3n) is 4.11. The van der Waals surface area contributed by atoms with Gasteiger partial charge in [-0.3, -0.25) is 0 Å². The maximum absolute atomic E-state index is 13.3. The largest absolute Gasteiger partial charge is 0.497 e. The summed E-state index contributed by atoms with van der Waals surface area (Å²) in [5, 5.41) is 10.9. The molecule has 0 saturated heterocycles. The Morgan fingerprint density at radius 3 is 2.67 bits per heavy atom. The van der Waals surface area contributed by atoms with E-state index in [4.69, 9.17) is 4.74 Å². The Morgan fingerprint density at radius 2 is 1.95 bits per heavy atom. The van der Waals surface area contributed by atoms with E-state index in [0.717, 1.165) is 29.7 Å². The lowest BCUT2D eigenvalue weighted by molar-refractivity contribution is 0.0387. The third-order valence-corrected chi connectivity index (χ3v) is 4.11. The molecule has 0 saturated carbocycles. The summed E-state index contributed by atoms with van der Waals surface area (Å²) in [4.78, 5) is 0. The van der Waals surface area contributed by atoms with Crippen LogP contribution in [0.2, 0.25) is 0 Å². The minimum Gasteiger partial charge on any atom is -0.497 e. The summed E-state index contributed by atoms with van der Waals surface area (Å²) in [5.41, 5.74) is 1.40. The van der Waals surface area contributed by atoms with Crippen LogP contribution in [0.3, 0.4) is 0 Å². The van der Waals surface area contributed by atoms with Gasteiger partial charge in [0, 0.05) is 6.42 Å². The Hall–Kier alpha value is -1.94. The van der Waals surface area contributed by atoms with Gasteiger partial charge in [-0.25, -0.2) is 8.78 Å². The van der Waals surface area contributed by atoms with Crippen LogP contribution in [-0.2, 0) is 18.4 Å². The fourth-order valence-corrected chi connectivity index (χ4v) is 2.98. The van der Waals surface area contributed by atoms with Crippen molar-refractivity contribution in [2.75, 3.05) is 7.11 Å². The zero-order valence-electron chi connectivity index (χ0n) is 11.7. The lowest BCUT2D eigenvalue weighted by Gasteiger charge is -2.24. The maximum Gasteiger partial charge on any atom is 0.159 e. The summed E-state index contributed by atoms with van der Waals surface area (Å²) >= 11 is 0. The molecule has 110 valence electrons. The fourth-order valence-electron chi connectivity index (χ4n) is 2.98. The minimum absolute atomic E-state index is 0.254. The summed E-state index contributed by atoms with van der Waals surface area (Å²) in [5.74, 6) is -1.08. The van der Waals surface area contributed by atoms with Crippen molar-refractivity contribution in [2.45, 2.75) is 24.9 Å². The summed E-state index contributed by atoms with van der Waals surface area (Å²) in [6, 6.07) is 9.37. The highest BCUT2D eigenvalue weighted by Gasteiger charge is 2.37. The van der Waals surface area contributed by atoms with Crippen molar-refractivity contribution < 1.29 is 18.6 Å². The predicted molar refractivity (Wildman–Crippen MR) is 75.3 cm³/mol. The van der Waals surface area contributed by atoms with Crippen LogP contribution in [0, 0.1) is 11.6 Å². The first-order chi connectivity index (χ1) is 10.0. The number of hydrogen-bond donors (Lipinski definition) is 1. The Balaban J connectivity index is 1.94. The molecule has 4 heteroatoms. The molecule has 0 radical (unpaired) electrons. The molecule has 3 rings (SSSR count). The number of benzene rings is 2. The quantitative estimate of drug-likeness (QED) is 0.939. The van der Waals surface area contributed by atoms with Gasteiger partial charge in [0.25, 0.3) is 0 Å². The SMILES string of the molecule is COc1ccc2c(c1)C(O)(Cc1ccc(F)c(F)c1)CC2. The predicted octanol–water partition coefficient (Wildman–Crippen LogP) is 3.35. The molecule has 0 aliphatic heterocycles. The first-order valence-corrected chi connectivity index (χ1v) is 6.85. The van der Waals surface area contributed by atoms with Gasteiger partial charge < -0.3 is 9.84 Å². The molecule has 0 amide bonds. The molecule has 2 aromatic rings. The summed E-state index contributed by atoms with van der Waals surface area (Å²) < 4.78 is 31.5. The number of aryl methyl sites for hydroxylation is 1. The molecule has 1 unspecified atom stereocenters. The number of aliphatic hydroxyl groups is 1. The van der Waals surface area contributed by atoms with E-state index in [2.05, 4.69) is 0 Å². The molecular weight excluding hydrogens is 274 g/mol. The Labute approximate surface area is 122 Å². The first-order valence-electron chi connectivity index (χ1n) is 6.85. The van der Waals surface area contributed by atoms with Crippen LogP contribution in [0.4, 0.5) is 8.78 Å². The highest BCUT2D eigenvalue weighted by Crippen LogP contribution is 2.41. The minimum atomic E-state index is -1.06. The van der Waals surface area contributed by atoms with Gasteiger partial charge in [0.05, 0.1) is 12.7 Å². The van der Waals surface area contributed by atoms with Crippen molar-refractivity contribution in [3.8, 4) is 5.75 Å². The van der Waals surface area contributed by atoms with E-state index in [-0.39, 0.29) is 6.42 Å². The van der Waals surface area contributed by atoms with Gasteiger partial charge in [-0.15, -0.1) is 0 Å². The number of rotatable bonds is 3. The van der Waals surface area contributed by atoms with Gasteiger partial charge in [0.15, 0.2) is 11.6 Å². The van der Waals surface area contributed by atoms with E-state index in [9.17, 15) is 13.9 Å². The summed E-state index contributed by atoms with van der Waals surface area (Å²) in [7, 11) is 1.57. The van der Waals surface area contributed by atoms with E-state index >= 15 is 0 Å². The Bertz CT molecular complexity index is 684. The molecule has 0 fully saturated rings. The number of halogens is 2. The van der Waals surface area contributed by atoms with Gasteiger partial charge in [0.2, 0.25) is 0 Å². The molecule has 1 atom stereocenters. The number of ether oxygens (including phenoxy) is 1. The molecule has 1 aliphatic rings. The van der Waals surface area contributed by atoms with E-state index in [0.29, 0.717) is 17.7 Å². The third kappa shape index (κ3) is 2.51. The van der Waals surface area contributed by atoms with Crippen molar-refractivity contribution in [1.29, 1.82) is 0 Å². The second kappa shape index (κ2) is 5.11. The molecule has 0 bridgehead atoms. The van der Waals surface area contributed by atoms with Crippen molar-refractivity contribution in [1.82, 2.24) is 0 Å². The van der Waals surface area contributed by atoms with Crippen molar-refractivity contribution in [3.05, 3.63) is 64.7 Å². The topological polar surface area (TPSA) is 29.5 Å². The monoisotopic (exact) mass is 290 g/mol. The first kappa shape index (κ1) is 14.0. The van der Waals surface area contributed by atoms with Crippen LogP contribution in [0.1, 0.15) is 23.1 Å². The molecule has 0 spiro atoms. The van der Waals surface area contributed by atoms with Gasteiger partial charge in [-0.1, -0.05) is 12.1 Å². The Morgan fingerprint density at radius 1 is 1.14 bits per heavy atom. The van der Waals surface area contributed by atoms with Crippen molar-refractivity contribution in [3.63, 3.8) is 0 Å². The van der Waals surface area contributed by atoms with Gasteiger partial charge in [-0.2, -0.15) is 0 Å². The van der Waals surface area contributed by atoms with Crippen LogP contribution in [0.15, 0.2) is 36.4 Å². The highest BCUT2D eigenvalue weighted by atomic mass is 19.2. The molecule has 1 aliphatic carbocycles. The summed E-state index contributed by atoms with van der Waals surface area (Å²) in [6.07, 6.45) is 1.58. The zero-order chi connectivity index (χ0) is 15.0. The van der Waals surface area contributed by atoms with E-state index in [1.165, 1.54) is 6.07 Å². The maximum atomic E-state index is 13.3. The lowest BCUT2D eigenvalue weighted by Crippen LogP contribution is -2.25. The average molecular weight is 290 g/mol. The van der Waals surface area contributed by atoms with E-state index in [1.807, 2.05) is 18.2 Å². The number of hydrogen-bond acceptors (Lipinski definition) is 2. The van der Waals surface area contributed by atoms with Crippen LogP contribution in [0.5, 0.6) is 5.75 Å². The second-order valence-electron chi connectivity index (χ2n) is 5.48. The van der Waals surface area contributed by atoms with Crippen molar-refractivity contribution >= 4 is 0 Å². The summed E-state index contributed by atoms with van der Waals surface area (Å²) in [6.45, 7) is 0. The van der Waals surface area contributed by atoms with E-state index in [1.54, 1.807) is 7.11 Å². The molecule has 21 heavy (non-hydrogen) atoms. The van der Waals surface area contributed by atoms with Crippen LogP contribution in [-0.4, -0.2) is 12.2 Å². The number of fused-ring (bicyclic) bond motifs is 1. The van der Waals surface area contributed by atoms with Gasteiger partial charge in [0.1, 0.15) is 5.75 Å². The molecular formula is C17H16F2O2. The molecule has 0 aromatic heterocycles. The molecule has 2 aromatic carbocycles. The lowest BCUT2D eigenvalue weighted by atomic mass is 9.88. The molecule has 1 N–H and O–H groups in total. The average Bonchev–Trinajstić information content (AvgIpc) is 2.80. The molecule has 2 nitrogen and oxygen atoms in total. The van der Waals surface area contributed by atoms with E-state index < -0.39 is 17.2 Å². The zero-order valence-corrected chi connectivity index (χ0v) is 11.7. The standard InChI is InChI=1S/C17H16F2O2/c1-21-13-4-3-12-6-7-17(20,14(12)9-13)10-11-2-5-15(18)16(19)8-11/h2-5,8-9,20H,6-7,10H2,1H3. The molecule has 0 heterocycles. The normalized spacial score (nSPS) is 20.4. The van der Waals surface area contributed by atoms with Crippen LogP contribution < -0.4 is 4.74 Å². The highest BCUT2D eigenvalue weighted by molar-refractivity contribution is 5.43. The van der Waals surface area contributed by atoms with Crippen LogP contribution >= 0.6 is 0 Å². The Kier molecular flexibility index (Phi) is 3.41. The van der Waals surface area contributed by atoms with Gasteiger partial charge in [-0.05, 0) is 53.8 Å². The fraction of sp³-hybridized carbons (Fsp3) is 0.294. The van der Waals surface area contributed by atoms with Crippen molar-refractivity contribution in [2.24, 2.45) is 0 Å².